The summed E-state index contributed by atoms with van der Waals surface area (Å²) < 4.78 is 0. The largest absolute Gasteiger partial charge is 0.397 e. The van der Waals surface area contributed by atoms with Crippen molar-refractivity contribution in [1.82, 2.24) is 0 Å². The van der Waals surface area contributed by atoms with E-state index in [9.17, 15) is 4.79 Å². The molecule has 0 atom stereocenters. The summed E-state index contributed by atoms with van der Waals surface area (Å²) in [5.74, 6) is 0.170. The van der Waals surface area contributed by atoms with Gasteiger partial charge in [0.2, 0.25) is 5.91 Å². The van der Waals surface area contributed by atoms with Crippen molar-refractivity contribution in [1.29, 1.82) is 0 Å². The molecule has 1 aromatic carbocycles. The van der Waals surface area contributed by atoms with Crippen LogP contribution in [0, 0.1) is 5.41 Å². The van der Waals surface area contributed by atoms with E-state index >= 15 is 0 Å². The molecule has 1 aromatic rings. The van der Waals surface area contributed by atoms with Crippen LogP contribution in [0.4, 0.5) is 17.1 Å². The molecule has 102 valence electrons. The van der Waals surface area contributed by atoms with Gasteiger partial charge in [-0.2, -0.15) is 0 Å². The third kappa shape index (κ3) is 1.95. The van der Waals surface area contributed by atoms with Crippen LogP contribution in [-0.4, -0.2) is 19.5 Å². The Morgan fingerprint density at radius 1 is 1.26 bits per heavy atom. The van der Waals surface area contributed by atoms with Crippen LogP contribution in [0.3, 0.4) is 0 Å². The van der Waals surface area contributed by atoms with E-state index in [0.29, 0.717) is 0 Å². The van der Waals surface area contributed by atoms with Gasteiger partial charge in [-0.3, -0.25) is 4.79 Å². The molecule has 0 bridgehead atoms. The van der Waals surface area contributed by atoms with E-state index in [1.807, 2.05) is 25.2 Å². The Kier molecular flexibility index (Phi) is 2.88. The fourth-order valence-electron chi connectivity index (χ4n) is 3.56. The number of anilines is 3. The monoisotopic (exact) mass is 259 g/mol. The number of benzene rings is 1. The highest BCUT2D eigenvalue weighted by molar-refractivity contribution is 6.02. The number of nitrogen functional groups attached to an aromatic ring is 1. The summed E-state index contributed by atoms with van der Waals surface area (Å²) in [6.45, 7) is 0.764. The number of rotatable bonds is 0. The lowest BCUT2D eigenvalue weighted by Crippen LogP contribution is -2.44. The topological polar surface area (TPSA) is 58.4 Å². The van der Waals surface area contributed by atoms with Gasteiger partial charge in [0.25, 0.3) is 0 Å². The van der Waals surface area contributed by atoms with Gasteiger partial charge >= 0.3 is 0 Å². The molecule has 1 saturated carbocycles. The van der Waals surface area contributed by atoms with Crippen molar-refractivity contribution in [2.45, 2.75) is 32.1 Å². The van der Waals surface area contributed by atoms with Gasteiger partial charge in [0.1, 0.15) is 0 Å². The summed E-state index contributed by atoms with van der Waals surface area (Å²) in [6, 6.07) is 5.71. The number of amides is 1. The first kappa shape index (κ1) is 12.3. The molecule has 1 amide bonds. The number of nitrogens with one attached hydrogen (secondary N) is 1. The van der Waals surface area contributed by atoms with Gasteiger partial charge in [0.05, 0.1) is 22.5 Å². The molecule has 19 heavy (non-hydrogen) atoms. The average molecular weight is 259 g/mol. The quantitative estimate of drug-likeness (QED) is 0.704. The van der Waals surface area contributed by atoms with Gasteiger partial charge in [0.15, 0.2) is 0 Å². The van der Waals surface area contributed by atoms with E-state index in [-0.39, 0.29) is 11.3 Å². The number of hydrogen-bond donors (Lipinski definition) is 2. The maximum absolute atomic E-state index is 12.6. The lowest BCUT2D eigenvalue weighted by atomic mass is 9.73. The van der Waals surface area contributed by atoms with Gasteiger partial charge in [-0.15, -0.1) is 0 Å². The molecule has 1 aliphatic heterocycles. The predicted molar refractivity (Wildman–Crippen MR) is 78.3 cm³/mol. The summed E-state index contributed by atoms with van der Waals surface area (Å²) in [6.07, 6.45) is 5.50. The number of carbonyl (C=O) groups excluding carboxylic acids is 1. The molecular weight excluding hydrogens is 238 g/mol. The van der Waals surface area contributed by atoms with Crippen LogP contribution in [0.2, 0.25) is 0 Å². The summed E-state index contributed by atoms with van der Waals surface area (Å²) in [5.41, 5.74) is 8.36. The first-order valence-electron chi connectivity index (χ1n) is 7.03. The molecule has 4 heteroatoms. The first-order valence-corrected chi connectivity index (χ1v) is 7.03. The third-order valence-electron chi connectivity index (χ3n) is 4.53. The van der Waals surface area contributed by atoms with Gasteiger partial charge in [-0.25, -0.2) is 0 Å². The molecule has 3 rings (SSSR count). The fourth-order valence-corrected chi connectivity index (χ4v) is 3.56. The number of nitrogens with zero attached hydrogens (tertiary/aromatic N) is 1. The average Bonchev–Trinajstić information content (AvgIpc) is 2.48. The highest BCUT2D eigenvalue weighted by atomic mass is 16.2. The highest BCUT2D eigenvalue weighted by Crippen LogP contribution is 2.43. The molecule has 0 radical (unpaired) electrons. The second-order valence-electron chi connectivity index (χ2n) is 5.89. The maximum Gasteiger partial charge on any atom is 0.232 e. The van der Waals surface area contributed by atoms with E-state index in [0.717, 1.165) is 49.3 Å². The van der Waals surface area contributed by atoms with E-state index < -0.39 is 0 Å². The van der Waals surface area contributed by atoms with E-state index in [4.69, 9.17) is 5.73 Å². The lowest BCUT2D eigenvalue weighted by Gasteiger charge is -2.36. The molecule has 1 aliphatic carbocycles. The van der Waals surface area contributed by atoms with Crippen LogP contribution >= 0.6 is 0 Å². The van der Waals surface area contributed by atoms with Gasteiger partial charge in [-0.1, -0.05) is 25.3 Å². The Morgan fingerprint density at radius 3 is 2.74 bits per heavy atom. The van der Waals surface area contributed by atoms with Crippen LogP contribution in [0.5, 0.6) is 0 Å². The Labute approximate surface area is 114 Å². The molecule has 1 fully saturated rings. The Morgan fingerprint density at radius 2 is 2.00 bits per heavy atom. The third-order valence-corrected chi connectivity index (χ3v) is 4.53. The molecule has 2 aliphatic rings. The van der Waals surface area contributed by atoms with Crippen molar-refractivity contribution in [2.24, 2.45) is 5.41 Å². The normalized spacial score (nSPS) is 21.7. The van der Waals surface area contributed by atoms with Crippen molar-refractivity contribution < 1.29 is 4.79 Å². The van der Waals surface area contributed by atoms with Crippen LogP contribution in [0.25, 0.3) is 0 Å². The Bertz CT molecular complexity index is 506. The van der Waals surface area contributed by atoms with Crippen molar-refractivity contribution in [3.05, 3.63) is 18.2 Å². The molecular formula is C15H21N3O. The van der Waals surface area contributed by atoms with Crippen LogP contribution in [0.15, 0.2) is 18.2 Å². The Balaban J connectivity index is 2.02. The van der Waals surface area contributed by atoms with Crippen molar-refractivity contribution >= 4 is 23.0 Å². The van der Waals surface area contributed by atoms with Crippen LogP contribution in [0.1, 0.15) is 32.1 Å². The minimum atomic E-state index is -0.238. The molecule has 3 N–H and O–H groups in total. The maximum atomic E-state index is 12.6. The van der Waals surface area contributed by atoms with Crippen molar-refractivity contribution in [3.63, 3.8) is 0 Å². The number of para-hydroxylation sites is 1. The van der Waals surface area contributed by atoms with E-state index in [1.165, 1.54) is 6.42 Å². The van der Waals surface area contributed by atoms with Crippen molar-refractivity contribution in [2.75, 3.05) is 29.5 Å². The summed E-state index contributed by atoms with van der Waals surface area (Å²) >= 11 is 0. The number of nitrogens with two attached hydrogens (primary N) is 1. The molecule has 4 nitrogen and oxygen atoms in total. The second kappa shape index (κ2) is 4.44. The standard InChI is InChI=1S/C15H21N3O/c1-18-10-15(8-3-2-4-9-15)14(19)17-12-7-5-6-11(16)13(12)18/h5-7H,2-4,8-10,16H2,1H3,(H,17,19). The number of carbonyl (C=O) groups is 1. The lowest BCUT2D eigenvalue weighted by molar-refractivity contribution is -0.126. The zero-order valence-electron chi connectivity index (χ0n) is 11.4. The van der Waals surface area contributed by atoms with Crippen molar-refractivity contribution in [3.8, 4) is 0 Å². The molecule has 0 unspecified atom stereocenters. The minimum absolute atomic E-state index is 0.170. The molecule has 1 heterocycles. The SMILES string of the molecule is CN1CC2(CCCCC2)C(=O)Nc2cccc(N)c21. The van der Waals surface area contributed by atoms with Gasteiger partial charge in [0, 0.05) is 13.6 Å². The van der Waals surface area contributed by atoms with Gasteiger partial charge < -0.3 is 16.0 Å². The zero-order chi connectivity index (χ0) is 13.5. The summed E-state index contributed by atoms with van der Waals surface area (Å²) in [7, 11) is 2.03. The highest BCUT2D eigenvalue weighted by Gasteiger charge is 2.42. The van der Waals surface area contributed by atoms with Crippen LogP contribution in [-0.2, 0) is 4.79 Å². The van der Waals surface area contributed by atoms with E-state index in [1.54, 1.807) is 0 Å². The number of hydrogen-bond acceptors (Lipinski definition) is 3. The fraction of sp³-hybridized carbons (Fsp3) is 0.533. The number of fused-ring (bicyclic) bond motifs is 1. The van der Waals surface area contributed by atoms with E-state index in [2.05, 4.69) is 10.2 Å². The summed E-state index contributed by atoms with van der Waals surface area (Å²) in [5, 5.41) is 3.09. The predicted octanol–water partition coefficient (Wildman–Crippen LogP) is 2.61. The molecule has 0 saturated heterocycles. The first-order chi connectivity index (χ1) is 9.12. The Hall–Kier alpha value is -1.71. The summed E-state index contributed by atoms with van der Waals surface area (Å²) in [4.78, 5) is 14.8. The van der Waals surface area contributed by atoms with Gasteiger partial charge in [-0.05, 0) is 25.0 Å². The molecule has 0 aromatic heterocycles. The molecule has 1 spiro atoms. The zero-order valence-corrected chi connectivity index (χ0v) is 11.4. The second-order valence-corrected chi connectivity index (χ2v) is 5.89. The van der Waals surface area contributed by atoms with Crippen LogP contribution < -0.4 is 16.0 Å². The smallest absolute Gasteiger partial charge is 0.232 e. The minimum Gasteiger partial charge on any atom is -0.397 e.